The minimum Gasteiger partial charge on any atom is -0.480 e. The number of thioether (sulfide) groups is 1. The van der Waals surface area contributed by atoms with Gasteiger partial charge in [-0.05, 0) is 32.2 Å². The first-order valence-electron chi connectivity index (χ1n) is 7.01. The van der Waals surface area contributed by atoms with E-state index in [1.165, 1.54) is 0 Å². The monoisotopic (exact) mass is 300 g/mol. The molecule has 1 rings (SSSR count). The molecule has 0 saturated carbocycles. The quantitative estimate of drug-likeness (QED) is 0.507. The predicted molar refractivity (Wildman–Crippen MR) is 79.9 cm³/mol. The van der Waals surface area contributed by atoms with Crippen LogP contribution in [-0.4, -0.2) is 43.7 Å². The van der Waals surface area contributed by atoms with E-state index in [4.69, 9.17) is 0 Å². The van der Waals surface area contributed by atoms with Crippen LogP contribution in [0.1, 0.15) is 39.5 Å². The van der Waals surface area contributed by atoms with Gasteiger partial charge >= 0.3 is 5.97 Å². The number of aliphatic carboxylic acids is 1. The molecule has 6 nitrogen and oxygen atoms in total. The number of carbonyl (C=O) groups is 1. The SMILES string of the molecule is CCCNC(CC)(CCCSc1nncn1C)C(=O)O. The molecule has 1 unspecified atom stereocenters. The fourth-order valence-corrected chi connectivity index (χ4v) is 2.86. The average Bonchev–Trinajstić information content (AvgIpc) is 2.83. The molecule has 1 atom stereocenters. The molecule has 0 aromatic carbocycles. The number of rotatable bonds is 10. The highest BCUT2D eigenvalue weighted by molar-refractivity contribution is 7.99. The summed E-state index contributed by atoms with van der Waals surface area (Å²) >= 11 is 1.61. The molecule has 0 aliphatic heterocycles. The Morgan fingerprint density at radius 3 is 2.80 bits per heavy atom. The Bertz CT molecular complexity index is 424. The lowest BCUT2D eigenvalue weighted by Gasteiger charge is -2.29. The topological polar surface area (TPSA) is 80.0 Å². The van der Waals surface area contributed by atoms with Crippen molar-refractivity contribution in [2.24, 2.45) is 7.05 Å². The molecule has 1 aromatic rings. The van der Waals surface area contributed by atoms with Crippen LogP contribution in [0.15, 0.2) is 11.5 Å². The maximum atomic E-state index is 11.5. The highest BCUT2D eigenvalue weighted by Gasteiger charge is 2.35. The number of carboxylic acids is 1. The third-order valence-electron chi connectivity index (χ3n) is 3.38. The molecule has 0 aliphatic rings. The molecule has 0 bridgehead atoms. The summed E-state index contributed by atoms with van der Waals surface area (Å²) in [6, 6.07) is 0. The third-order valence-corrected chi connectivity index (χ3v) is 4.50. The number of aryl methyl sites for hydroxylation is 1. The fourth-order valence-electron chi connectivity index (χ4n) is 2.03. The standard InChI is InChI=1S/C13H24N4O2S/c1-4-8-14-13(5-2,11(18)19)7-6-9-20-12-16-15-10-17(12)3/h10,14H,4-9H2,1-3H3,(H,18,19). The van der Waals surface area contributed by atoms with Crippen molar-refractivity contribution < 1.29 is 9.90 Å². The lowest BCUT2D eigenvalue weighted by atomic mass is 9.90. The Hall–Kier alpha value is -1.08. The zero-order valence-electron chi connectivity index (χ0n) is 12.4. The molecular formula is C13H24N4O2S. The van der Waals surface area contributed by atoms with Crippen LogP contribution in [0.4, 0.5) is 0 Å². The molecule has 0 radical (unpaired) electrons. The minimum absolute atomic E-state index is 0.594. The van der Waals surface area contributed by atoms with Crippen LogP contribution in [0.3, 0.4) is 0 Å². The molecule has 2 N–H and O–H groups in total. The van der Waals surface area contributed by atoms with E-state index in [-0.39, 0.29) is 0 Å². The highest BCUT2D eigenvalue weighted by atomic mass is 32.2. The number of hydrogen-bond donors (Lipinski definition) is 2. The number of aromatic nitrogens is 3. The smallest absolute Gasteiger partial charge is 0.323 e. The number of hydrogen-bond acceptors (Lipinski definition) is 5. The lowest BCUT2D eigenvalue weighted by molar-refractivity contribution is -0.145. The number of nitrogens with zero attached hydrogens (tertiary/aromatic N) is 3. The van der Waals surface area contributed by atoms with Crippen molar-refractivity contribution >= 4 is 17.7 Å². The van der Waals surface area contributed by atoms with Gasteiger partial charge in [-0.2, -0.15) is 0 Å². The van der Waals surface area contributed by atoms with Gasteiger partial charge in [0.2, 0.25) is 0 Å². The Morgan fingerprint density at radius 1 is 1.55 bits per heavy atom. The molecule has 1 aromatic heterocycles. The zero-order chi connectivity index (χ0) is 15.0. The Morgan fingerprint density at radius 2 is 2.30 bits per heavy atom. The summed E-state index contributed by atoms with van der Waals surface area (Å²) in [5.74, 6) is 0.0899. The van der Waals surface area contributed by atoms with Gasteiger partial charge in [0.25, 0.3) is 0 Å². The summed E-state index contributed by atoms with van der Waals surface area (Å²) in [5, 5.41) is 21.4. The first kappa shape index (κ1) is 17.0. The molecule has 20 heavy (non-hydrogen) atoms. The van der Waals surface area contributed by atoms with Gasteiger partial charge in [0.05, 0.1) is 0 Å². The summed E-state index contributed by atoms with van der Waals surface area (Å²) < 4.78 is 1.87. The van der Waals surface area contributed by atoms with Crippen LogP contribution >= 0.6 is 11.8 Å². The van der Waals surface area contributed by atoms with Crippen LogP contribution in [0.2, 0.25) is 0 Å². The largest absolute Gasteiger partial charge is 0.480 e. The van der Waals surface area contributed by atoms with E-state index in [0.717, 1.165) is 30.3 Å². The van der Waals surface area contributed by atoms with Crippen LogP contribution in [0.25, 0.3) is 0 Å². The Balaban J connectivity index is 2.46. The highest BCUT2D eigenvalue weighted by Crippen LogP contribution is 2.22. The van der Waals surface area contributed by atoms with Crippen LogP contribution in [0, 0.1) is 0 Å². The zero-order valence-corrected chi connectivity index (χ0v) is 13.2. The van der Waals surface area contributed by atoms with E-state index in [1.54, 1.807) is 18.1 Å². The van der Waals surface area contributed by atoms with Crippen molar-refractivity contribution in [3.63, 3.8) is 0 Å². The van der Waals surface area contributed by atoms with Crippen molar-refractivity contribution in [1.82, 2.24) is 20.1 Å². The van der Waals surface area contributed by atoms with Crippen molar-refractivity contribution in [2.45, 2.75) is 50.2 Å². The second-order valence-electron chi connectivity index (χ2n) is 4.84. The Labute approximate surface area is 124 Å². The van der Waals surface area contributed by atoms with E-state index in [9.17, 15) is 9.90 Å². The summed E-state index contributed by atoms with van der Waals surface area (Å²) in [6.07, 6.45) is 4.65. The first-order chi connectivity index (χ1) is 9.55. The molecule has 0 amide bonds. The Kier molecular flexibility index (Phi) is 7.01. The molecular weight excluding hydrogens is 276 g/mol. The summed E-state index contributed by atoms with van der Waals surface area (Å²) in [6.45, 7) is 4.70. The molecule has 0 aliphatic carbocycles. The minimum atomic E-state index is -0.795. The summed E-state index contributed by atoms with van der Waals surface area (Å²) in [7, 11) is 1.90. The molecule has 7 heteroatoms. The van der Waals surface area contributed by atoms with Gasteiger partial charge in [0, 0.05) is 12.8 Å². The predicted octanol–water partition coefficient (Wildman–Crippen LogP) is 1.92. The van der Waals surface area contributed by atoms with Gasteiger partial charge in [0.1, 0.15) is 11.9 Å². The maximum Gasteiger partial charge on any atom is 0.323 e. The second-order valence-corrected chi connectivity index (χ2v) is 5.91. The van der Waals surface area contributed by atoms with E-state index in [0.29, 0.717) is 12.8 Å². The molecule has 0 saturated heterocycles. The van der Waals surface area contributed by atoms with Gasteiger partial charge in [-0.15, -0.1) is 10.2 Å². The van der Waals surface area contributed by atoms with E-state index in [1.807, 2.05) is 25.5 Å². The van der Waals surface area contributed by atoms with Gasteiger partial charge < -0.3 is 15.0 Å². The van der Waals surface area contributed by atoms with Crippen molar-refractivity contribution in [2.75, 3.05) is 12.3 Å². The van der Waals surface area contributed by atoms with Gasteiger partial charge in [-0.25, -0.2) is 0 Å². The second kappa shape index (κ2) is 8.26. The van der Waals surface area contributed by atoms with Gasteiger partial charge in [0.15, 0.2) is 5.16 Å². The van der Waals surface area contributed by atoms with E-state index < -0.39 is 11.5 Å². The molecule has 114 valence electrons. The van der Waals surface area contributed by atoms with E-state index >= 15 is 0 Å². The molecule has 1 heterocycles. The normalized spacial score (nSPS) is 14.2. The fraction of sp³-hybridized carbons (Fsp3) is 0.769. The molecule has 0 spiro atoms. The number of carboxylic acid groups (broad SMARTS) is 1. The van der Waals surface area contributed by atoms with E-state index in [2.05, 4.69) is 15.5 Å². The summed E-state index contributed by atoms with van der Waals surface area (Å²) in [4.78, 5) is 11.5. The van der Waals surface area contributed by atoms with Crippen molar-refractivity contribution in [3.05, 3.63) is 6.33 Å². The van der Waals surface area contributed by atoms with Gasteiger partial charge in [-0.3, -0.25) is 4.79 Å². The van der Waals surface area contributed by atoms with Crippen LogP contribution in [-0.2, 0) is 11.8 Å². The van der Waals surface area contributed by atoms with Crippen LogP contribution in [0.5, 0.6) is 0 Å². The average molecular weight is 300 g/mol. The summed E-state index contributed by atoms with van der Waals surface area (Å²) in [5.41, 5.74) is -0.795. The van der Waals surface area contributed by atoms with Crippen molar-refractivity contribution in [1.29, 1.82) is 0 Å². The molecule has 0 fully saturated rings. The number of nitrogens with one attached hydrogen (secondary N) is 1. The third kappa shape index (κ3) is 4.49. The van der Waals surface area contributed by atoms with Crippen molar-refractivity contribution in [3.8, 4) is 0 Å². The lowest BCUT2D eigenvalue weighted by Crippen LogP contribution is -2.52. The van der Waals surface area contributed by atoms with Gasteiger partial charge in [-0.1, -0.05) is 25.6 Å². The van der Waals surface area contributed by atoms with Crippen LogP contribution < -0.4 is 5.32 Å². The first-order valence-corrected chi connectivity index (χ1v) is 7.99. The maximum absolute atomic E-state index is 11.5.